The maximum Gasteiger partial charge on any atom is 0.165 e. The number of aromatic nitrogens is 3. The molecule has 0 spiro atoms. The van der Waals surface area contributed by atoms with E-state index in [9.17, 15) is 0 Å². The highest BCUT2D eigenvalue weighted by molar-refractivity contribution is 7.27. The summed E-state index contributed by atoms with van der Waals surface area (Å²) >= 11 is 3.69. The third kappa shape index (κ3) is 4.90. The first-order valence-electron chi connectivity index (χ1n) is 16.6. The van der Waals surface area contributed by atoms with E-state index in [4.69, 9.17) is 15.0 Å². The van der Waals surface area contributed by atoms with Crippen molar-refractivity contribution in [3.63, 3.8) is 0 Å². The summed E-state index contributed by atoms with van der Waals surface area (Å²) in [7, 11) is 0. The predicted octanol–water partition coefficient (Wildman–Crippen LogP) is 12.9. The molecule has 0 amide bonds. The number of hydrogen-bond donors (Lipinski definition) is 0. The highest BCUT2D eigenvalue weighted by atomic mass is 32.1. The lowest BCUT2D eigenvalue weighted by molar-refractivity contribution is 1.08. The van der Waals surface area contributed by atoms with Gasteiger partial charge in [0.1, 0.15) is 0 Å². The second-order valence-electron chi connectivity index (χ2n) is 12.4. The van der Waals surface area contributed by atoms with E-state index in [1.807, 2.05) is 59.1 Å². The summed E-state index contributed by atoms with van der Waals surface area (Å²) < 4.78 is 5.04. The zero-order chi connectivity index (χ0) is 33.0. The van der Waals surface area contributed by atoms with E-state index >= 15 is 0 Å². The first kappa shape index (κ1) is 29.0. The number of fused-ring (bicyclic) bond motifs is 6. The van der Waals surface area contributed by atoms with Crippen molar-refractivity contribution in [2.75, 3.05) is 0 Å². The highest BCUT2D eigenvalue weighted by Gasteiger charge is 2.18. The van der Waals surface area contributed by atoms with E-state index in [1.165, 1.54) is 62.6 Å². The topological polar surface area (TPSA) is 38.7 Å². The molecule has 0 aliphatic rings. The third-order valence-corrected chi connectivity index (χ3v) is 11.8. The van der Waals surface area contributed by atoms with E-state index in [0.717, 1.165) is 16.7 Å². The number of nitrogens with zero attached hydrogens (tertiary/aromatic N) is 3. The molecule has 10 aromatic rings. The Bertz CT molecular complexity index is 2800. The van der Waals surface area contributed by atoms with Crippen LogP contribution in [-0.2, 0) is 0 Å². The van der Waals surface area contributed by atoms with Crippen LogP contribution < -0.4 is 0 Å². The fourth-order valence-corrected chi connectivity index (χ4v) is 9.38. The van der Waals surface area contributed by atoms with Crippen molar-refractivity contribution < 1.29 is 0 Å². The number of thiophene rings is 2. The SMILES string of the molecule is c1ccc(-c2cc(-c3ccc4c(c3)sc3c(-c5nc(-c6ccccc6)nc(-c6ccccc6)n5)cccc34)c3sc4ccccc4c3c2)cc1. The van der Waals surface area contributed by atoms with Gasteiger partial charge >= 0.3 is 0 Å². The van der Waals surface area contributed by atoms with E-state index in [0.29, 0.717) is 17.5 Å². The Morgan fingerprint density at radius 2 is 0.860 bits per heavy atom. The van der Waals surface area contributed by atoms with Crippen LogP contribution in [-0.4, -0.2) is 15.0 Å². The van der Waals surface area contributed by atoms with Crippen LogP contribution in [0, 0.1) is 0 Å². The Morgan fingerprint density at radius 3 is 1.58 bits per heavy atom. The lowest BCUT2D eigenvalue weighted by Gasteiger charge is -2.09. The molecule has 7 aromatic carbocycles. The molecule has 0 atom stereocenters. The Morgan fingerprint density at radius 1 is 0.300 bits per heavy atom. The van der Waals surface area contributed by atoms with Crippen LogP contribution in [0.4, 0.5) is 0 Å². The van der Waals surface area contributed by atoms with Crippen LogP contribution in [0.2, 0.25) is 0 Å². The minimum absolute atomic E-state index is 0.667. The highest BCUT2D eigenvalue weighted by Crippen LogP contribution is 2.45. The molecule has 0 unspecified atom stereocenters. The van der Waals surface area contributed by atoms with E-state index < -0.39 is 0 Å². The number of rotatable bonds is 5. The van der Waals surface area contributed by atoms with Gasteiger partial charge in [0.15, 0.2) is 17.5 Å². The summed E-state index contributed by atoms with van der Waals surface area (Å²) in [5.74, 6) is 2.01. The average Bonchev–Trinajstić information content (AvgIpc) is 3.76. The standard InChI is InChI=1S/C45H27N3S2/c1-4-13-28(14-5-1)32-25-37(42-38(26-32)33-19-10-11-22-39(33)49-42)31-23-24-34-35-20-12-21-36(41(35)50-40(34)27-31)45-47-43(29-15-6-2-7-16-29)46-44(48-45)30-17-8-3-9-18-30/h1-27H. The van der Waals surface area contributed by atoms with Crippen LogP contribution >= 0.6 is 22.7 Å². The van der Waals surface area contributed by atoms with Crippen molar-refractivity contribution in [2.24, 2.45) is 0 Å². The van der Waals surface area contributed by atoms with Crippen LogP contribution in [0.5, 0.6) is 0 Å². The minimum Gasteiger partial charge on any atom is -0.208 e. The summed E-state index contributed by atoms with van der Waals surface area (Å²) in [6.07, 6.45) is 0. The van der Waals surface area contributed by atoms with Crippen LogP contribution in [0.1, 0.15) is 0 Å². The molecular weight excluding hydrogens is 647 g/mol. The molecular formula is C45H27N3S2. The zero-order valence-corrected chi connectivity index (χ0v) is 28.4. The predicted molar refractivity (Wildman–Crippen MR) is 213 cm³/mol. The van der Waals surface area contributed by atoms with Crippen molar-refractivity contribution in [3.8, 4) is 56.4 Å². The Hall–Kier alpha value is -6.01. The van der Waals surface area contributed by atoms with Gasteiger partial charge in [-0.25, -0.2) is 15.0 Å². The minimum atomic E-state index is 0.667. The molecule has 0 saturated heterocycles. The summed E-state index contributed by atoms with van der Waals surface area (Å²) in [5.41, 5.74) is 7.88. The smallest absolute Gasteiger partial charge is 0.165 e. The lowest BCUT2D eigenvalue weighted by atomic mass is 9.95. The van der Waals surface area contributed by atoms with Gasteiger partial charge < -0.3 is 0 Å². The van der Waals surface area contributed by atoms with Gasteiger partial charge in [-0.15, -0.1) is 22.7 Å². The van der Waals surface area contributed by atoms with Gasteiger partial charge in [0.05, 0.1) is 0 Å². The van der Waals surface area contributed by atoms with Crippen molar-refractivity contribution in [1.82, 2.24) is 15.0 Å². The van der Waals surface area contributed by atoms with Gasteiger partial charge in [-0.3, -0.25) is 0 Å². The van der Waals surface area contributed by atoms with Crippen molar-refractivity contribution in [1.29, 1.82) is 0 Å². The molecule has 0 fully saturated rings. The molecule has 0 aliphatic carbocycles. The molecule has 3 heterocycles. The second-order valence-corrected chi connectivity index (χ2v) is 14.5. The summed E-state index contributed by atoms with van der Waals surface area (Å²) in [6.45, 7) is 0. The molecule has 234 valence electrons. The number of benzene rings is 7. The van der Waals surface area contributed by atoms with Crippen molar-refractivity contribution in [2.45, 2.75) is 0 Å². The molecule has 10 rings (SSSR count). The van der Waals surface area contributed by atoms with Crippen LogP contribution in [0.3, 0.4) is 0 Å². The quantitative estimate of drug-likeness (QED) is 0.182. The maximum atomic E-state index is 5.06. The fraction of sp³-hybridized carbons (Fsp3) is 0. The van der Waals surface area contributed by atoms with E-state index in [1.54, 1.807) is 0 Å². The summed E-state index contributed by atoms with van der Waals surface area (Å²) in [6, 6.07) is 57.9. The van der Waals surface area contributed by atoms with E-state index in [2.05, 4.69) is 127 Å². The number of hydrogen-bond acceptors (Lipinski definition) is 5. The van der Waals surface area contributed by atoms with Crippen molar-refractivity contribution >= 4 is 63.0 Å². The molecule has 5 heteroatoms. The average molecular weight is 674 g/mol. The zero-order valence-electron chi connectivity index (χ0n) is 26.7. The molecule has 3 nitrogen and oxygen atoms in total. The van der Waals surface area contributed by atoms with Gasteiger partial charge in [0.25, 0.3) is 0 Å². The van der Waals surface area contributed by atoms with Gasteiger partial charge in [-0.2, -0.15) is 0 Å². The molecule has 0 N–H and O–H groups in total. The normalized spacial score (nSPS) is 11.6. The molecule has 0 bridgehead atoms. The fourth-order valence-electron chi connectivity index (χ4n) is 6.91. The van der Waals surface area contributed by atoms with Gasteiger partial charge in [-0.1, -0.05) is 133 Å². The van der Waals surface area contributed by atoms with Gasteiger partial charge in [-0.05, 0) is 47.0 Å². The maximum absolute atomic E-state index is 5.06. The monoisotopic (exact) mass is 673 g/mol. The first-order chi connectivity index (χ1) is 24.8. The molecule has 0 radical (unpaired) electrons. The molecule has 0 aliphatic heterocycles. The Labute approximate surface area is 296 Å². The first-order valence-corrected chi connectivity index (χ1v) is 18.2. The van der Waals surface area contributed by atoms with Gasteiger partial charge in [0, 0.05) is 62.6 Å². The molecule has 50 heavy (non-hydrogen) atoms. The third-order valence-electron chi connectivity index (χ3n) is 9.34. The second kappa shape index (κ2) is 11.8. The van der Waals surface area contributed by atoms with E-state index in [-0.39, 0.29) is 0 Å². The summed E-state index contributed by atoms with van der Waals surface area (Å²) in [4.78, 5) is 15.0. The van der Waals surface area contributed by atoms with Gasteiger partial charge in [0.2, 0.25) is 0 Å². The summed E-state index contributed by atoms with van der Waals surface area (Å²) in [5, 5.41) is 5.06. The molecule has 3 aromatic heterocycles. The Balaban J connectivity index is 1.17. The lowest BCUT2D eigenvalue weighted by Crippen LogP contribution is -2.00. The van der Waals surface area contributed by atoms with Crippen LogP contribution in [0.15, 0.2) is 164 Å². The van der Waals surface area contributed by atoms with Crippen LogP contribution in [0.25, 0.3) is 96.8 Å². The Kier molecular flexibility index (Phi) is 6.86. The molecule has 0 saturated carbocycles. The largest absolute Gasteiger partial charge is 0.208 e. The van der Waals surface area contributed by atoms with Crippen molar-refractivity contribution in [3.05, 3.63) is 164 Å².